The van der Waals surface area contributed by atoms with Gasteiger partial charge in [-0.25, -0.2) is 0 Å². The van der Waals surface area contributed by atoms with E-state index in [-0.39, 0.29) is 0 Å². The van der Waals surface area contributed by atoms with Gasteiger partial charge in [0.25, 0.3) is 0 Å². The van der Waals surface area contributed by atoms with Crippen LogP contribution in [0.3, 0.4) is 0 Å². The van der Waals surface area contributed by atoms with Crippen molar-refractivity contribution in [2.24, 2.45) is 28.6 Å². The molecule has 3 nitrogen and oxygen atoms in total. The lowest BCUT2D eigenvalue weighted by atomic mass is 9.75. The van der Waals surface area contributed by atoms with Crippen LogP contribution in [-0.2, 0) is 0 Å². The summed E-state index contributed by atoms with van der Waals surface area (Å²) in [6, 6.07) is 0. The van der Waals surface area contributed by atoms with E-state index in [2.05, 4.69) is 19.0 Å². The fourth-order valence-electron chi connectivity index (χ4n) is 1.90. The first-order valence-corrected chi connectivity index (χ1v) is 4.62. The molecule has 0 radical (unpaired) electrons. The van der Waals surface area contributed by atoms with Crippen molar-refractivity contribution in [2.45, 2.75) is 33.1 Å². The molecule has 70 valence electrons. The number of nitrogens with zero attached hydrogens (tertiary/aromatic N) is 1. The van der Waals surface area contributed by atoms with Crippen LogP contribution in [0.4, 0.5) is 0 Å². The Morgan fingerprint density at radius 1 is 1.33 bits per heavy atom. The minimum atomic E-state index is 0.307. The Morgan fingerprint density at radius 2 is 2.00 bits per heavy atom. The third-order valence-electron chi connectivity index (χ3n) is 3.13. The number of amidine groups is 1. The van der Waals surface area contributed by atoms with Crippen LogP contribution in [0.15, 0.2) is 5.16 Å². The average Bonchev–Trinajstić information content (AvgIpc) is 2.08. The summed E-state index contributed by atoms with van der Waals surface area (Å²) in [7, 11) is 0. The number of rotatable bonds is 1. The lowest BCUT2D eigenvalue weighted by Gasteiger charge is -2.31. The van der Waals surface area contributed by atoms with E-state index in [4.69, 9.17) is 10.9 Å². The first-order chi connectivity index (χ1) is 5.65. The van der Waals surface area contributed by atoms with Gasteiger partial charge in [0.05, 0.1) is 0 Å². The van der Waals surface area contributed by atoms with Crippen LogP contribution >= 0.6 is 0 Å². The molecule has 0 bridgehead atoms. The molecule has 0 aromatic rings. The summed E-state index contributed by atoms with van der Waals surface area (Å²) < 4.78 is 0. The fraction of sp³-hybridized carbons (Fsp3) is 0.889. The molecule has 0 amide bonds. The first-order valence-electron chi connectivity index (χ1n) is 4.62. The van der Waals surface area contributed by atoms with Crippen LogP contribution < -0.4 is 5.73 Å². The van der Waals surface area contributed by atoms with Gasteiger partial charge in [-0.2, -0.15) is 0 Å². The average molecular weight is 170 g/mol. The Balaban J connectivity index is 2.51. The second kappa shape index (κ2) is 3.78. The molecule has 12 heavy (non-hydrogen) atoms. The molecular weight excluding hydrogens is 152 g/mol. The monoisotopic (exact) mass is 170 g/mol. The predicted octanol–water partition coefficient (Wildman–Crippen LogP) is 1.81. The van der Waals surface area contributed by atoms with Gasteiger partial charge in [-0.05, 0) is 31.1 Å². The second-order valence-corrected chi connectivity index (χ2v) is 3.99. The van der Waals surface area contributed by atoms with Gasteiger partial charge >= 0.3 is 0 Å². The summed E-state index contributed by atoms with van der Waals surface area (Å²) in [4.78, 5) is 0. The molecule has 3 atom stereocenters. The topological polar surface area (TPSA) is 58.6 Å². The third kappa shape index (κ3) is 1.90. The van der Waals surface area contributed by atoms with Gasteiger partial charge in [0.15, 0.2) is 0 Å². The van der Waals surface area contributed by atoms with Crippen LogP contribution in [0.1, 0.15) is 33.1 Å². The molecule has 1 saturated carbocycles. The van der Waals surface area contributed by atoms with Crippen molar-refractivity contribution in [3.63, 3.8) is 0 Å². The van der Waals surface area contributed by atoms with E-state index in [1.165, 1.54) is 6.42 Å². The summed E-state index contributed by atoms with van der Waals surface area (Å²) in [6.07, 6.45) is 3.33. The fourth-order valence-corrected chi connectivity index (χ4v) is 1.90. The maximum absolute atomic E-state index is 8.50. The van der Waals surface area contributed by atoms with Crippen molar-refractivity contribution in [2.75, 3.05) is 0 Å². The van der Waals surface area contributed by atoms with E-state index >= 15 is 0 Å². The minimum Gasteiger partial charge on any atom is -0.409 e. The highest BCUT2D eigenvalue weighted by molar-refractivity contribution is 5.82. The van der Waals surface area contributed by atoms with Gasteiger partial charge in [0, 0.05) is 5.92 Å². The standard InChI is InChI=1S/C9H18N2O/c1-6-3-4-8(5-7(6)2)9(10)11-12/h6-8,12H,3-5H2,1-2H3,(H2,10,11). The molecule has 3 N–H and O–H groups in total. The normalized spacial score (nSPS) is 38.2. The molecule has 0 spiro atoms. The van der Waals surface area contributed by atoms with Crippen molar-refractivity contribution >= 4 is 5.84 Å². The second-order valence-electron chi connectivity index (χ2n) is 3.99. The summed E-state index contributed by atoms with van der Waals surface area (Å²) in [5.74, 6) is 2.20. The van der Waals surface area contributed by atoms with Gasteiger partial charge in [0.1, 0.15) is 5.84 Å². The molecule has 3 unspecified atom stereocenters. The van der Waals surface area contributed by atoms with Crippen molar-refractivity contribution in [3.8, 4) is 0 Å². The van der Waals surface area contributed by atoms with Crippen molar-refractivity contribution in [3.05, 3.63) is 0 Å². The molecule has 0 aromatic heterocycles. The molecule has 0 saturated heterocycles. The predicted molar refractivity (Wildman–Crippen MR) is 49.1 cm³/mol. The Bertz CT molecular complexity index is 179. The molecule has 3 heteroatoms. The first kappa shape index (κ1) is 9.36. The maximum atomic E-state index is 8.50. The number of hydrogen-bond acceptors (Lipinski definition) is 2. The van der Waals surface area contributed by atoms with E-state index < -0.39 is 0 Å². The summed E-state index contributed by atoms with van der Waals surface area (Å²) in [5.41, 5.74) is 5.56. The maximum Gasteiger partial charge on any atom is 0.142 e. The largest absolute Gasteiger partial charge is 0.409 e. The summed E-state index contributed by atoms with van der Waals surface area (Å²) in [6.45, 7) is 4.51. The SMILES string of the molecule is CC1CCC(C(N)=NO)CC1C. The van der Waals surface area contributed by atoms with E-state index in [9.17, 15) is 0 Å². The Labute approximate surface area is 73.6 Å². The van der Waals surface area contributed by atoms with Gasteiger partial charge in [0.2, 0.25) is 0 Å². The Kier molecular flexibility index (Phi) is 2.95. The highest BCUT2D eigenvalue weighted by atomic mass is 16.4. The zero-order valence-corrected chi connectivity index (χ0v) is 7.83. The summed E-state index contributed by atoms with van der Waals surface area (Å²) >= 11 is 0. The quantitative estimate of drug-likeness (QED) is 0.273. The lowest BCUT2D eigenvalue weighted by molar-refractivity contribution is 0.238. The smallest absolute Gasteiger partial charge is 0.142 e. The van der Waals surface area contributed by atoms with Crippen molar-refractivity contribution in [1.29, 1.82) is 0 Å². The van der Waals surface area contributed by atoms with Crippen LogP contribution in [0.2, 0.25) is 0 Å². The van der Waals surface area contributed by atoms with Gasteiger partial charge in [-0.3, -0.25) is 0 Å². The molecule has 0 heterocycles. The highest BCUT2D eigenvalue weighted by Gasteiger charge is 2.26. The van der Waals surface area contributed by atoms with Crippen molar-refractivity contribution < 1.29 is 5.21 Å². The summed E-state index contributed by atoms with van der Waals surface area (Å²) in [5, 5.41) is 11.6. The van der Waals surface area contributed by atoms with Crippen LogP contribution in [0.25, 0.3) is 0 Å². The van der Waals surface area contributed by atoms with Gasteiger partial charge in [-0.15, -0.1) is 0 Å². The molecular formula is C9H18N2O. The van der Waals surface area contributed by atoms with Crippen LogP contribution in [0.5, 0.6) is 0 Å². The minimum absolute atomic E-state index is 0.307. The zero-order chi connectivity index (χ0) is 9.14. The molecule has 1 rings (SSSR count). The number of oxime groups is 1. The van der Waals surface area contributed by atoms with E-state index in [1.807, 2.05) is 0 Å². The van der Waals surface area contributed by atoms with E-state index in [0.717, 1.165) is 18.8 Å². The molecule has 0 aromatic carbocycles. The van der Waals surface area contributed by atoms with Crippen molar-refractivity contribution in [1.82, 2.24) is 0 Å². The Hall–Kier alpha value is -0.730. The van der Waals surface area contributed by atoms with Crippen LogP contribution in [-0.4, -0.2) is 11.0 Å². The third-order valence-corrected chi connectivity index (χ3v) is 3.13. The molecule has 1 fully saturated rings. The van der Waals surface area contributed by atoms with Crippen LogP contribution in [0, 0.1) is 17.8 Å². The number of hydrogen-bond donors (Lipinski definition) is 2. The van der Waals surface area contributed by atoms with Gasteiger partial charge < -0.3 is 10.9 Å². The zero-order valence-electron chi connectivity index (χ0n) is 7.83. The van der Waals surface area contributed by atoms with E-state index in [0.29, 0.717) is 17.7 Å². The Morgan fingerprint density at radius 3 is 2.50 bits per heavy atom. The molecule has 1 aliphatic carbocycles. The lowest BCUT2D eigenvalue weighted by Crippen LogP contribution is -2.31. The molecule has 1 aliphatic rings. The van der Waals surface area contributed by atoms with Gasteiger partial charge in [-0.1, -0.05) is 19.0 Å². The number of nitrogens with two attached hydrogens (primary N) is 1. The highest BCUT2D eigenvalue weighted by Crippen LogP contribution is 2.33. The molecule has 0 aliphatic heterocycles. The van der Waals surface area contributed by atoms with E-state index in [1.54, 1.807) is 0 Å².